The lowest BCUT2D eigenvalue weighted by Crippen LogP contribution is -2.10. The minimum Gasteiger partial charge on any atom is -0.507 e. The van der Waals surface area contributed by atoms with Gasteiger partial charge in [0.25, 0.3) is 0 Å². The van der Waals surface area contributed by atoms with Gasteiger partial charge in [0.2, 0.25) is 0 Å². The van der Waals surface area contributed by atoms with Crippen LogP contribution in [0.3, 0.4) is 0 Å². The van der Waals surface area contributed by atoms with Gasteiger partial charge in [-0.1, -0.05) is 20.8 Å². The molecule has 0 aromatic heterocycles. The summed E-state index contributed by atoms with van der Waals surface area (Å²) < 4.78 is 0. The molecular weight excluding hydrogens is 1590 g/mol. The van der Waals surface area contributed by atoms with Gasteiger partial charge in [0, 0.05) is 172 Å². The fraction of sp³-hybridized carbons (Fsp3) is 0.568. The number of aromatic hydroxyl groups is 16. The van der Waals surface area contributed by atoms with E-state index in [0.717, 1.165) is 204 Å². The number of phenolic OH excluding ortho intramolecular Hbond substituents is 16. The van der Waals surface area contributed by atoms with E-state index in [-0.39, 0.29) is 74.7 Å². The quantitative estimate of drug-likeness (QED) is 0.0731. The van der Waals surface area contributed by atoms with Crippen LogP contribution in [0, 0.1) is 6.92 Å². The lowest BCUT2D eigenvalue weighted by Gasteiger charge is -2.26. The molecule has 0 saturated carbocycles. The van der Waals surface area contributed by atoms with Crippen LogP contribution >= 0.6 is 0 Å². The third-order valence-electron chi connectivity index (χ3n) is 31.6. The smallest absolute Gasteiger partial charge is 0.122 e. The first-order valence-electron chi connectivity index (χ1n) is 50.2. The van der Waals surface area contributed by atoms with Crippen LogP contribution in [0.2, 0.25) is 0 Å². The number of hydrogen-bond acceptors (Lipinski definition) is 16. The van der Waals surface area contributed by atoms with Gasteiger partial charge in [-0.15, -0.1) is 0 Å². The van der Waals surface area contributed by atoms with Crippen molar-refractivity contribution in [1.29, 1.82) is 0 Å². The molecule has 0 fully saturated rings. The molecule has 0 saturated heterocycles. The van der Waals surface area contributed by atoms with Crippen molar-refractivity contribution in [2.24, 2.45) is 0 Å². The van der Waals surface area contributed by atoms with Crippen LogP contribution in [0.4, 0.5) is 0 Å². The van der Waals surface area contributed by atoms with Crippen LogP contribution in [0.1, 0.15) is 379 Å². The Balaban J connectivity index is 0.653. The Hall–Kier alpha value is -9.44. The summed E-state index contributed by atoms with van der Waals surface area (Å²) in [4.78, 5) is 0. The van der Waals surface area contributed by atoms with E-state index in [2.05, 4.69) is 0 Å². The second-order valence-corrected chi connectivity index (χ2v) is 39.0. The normalized spacial score (nSPS) is 18.0. The van der Waals surface area contributed by atoms with E-state index < -0.39 is 0 Å². The van der Waals surface area contributed by atoms with Crippen LogP contribution in [0.5, 0.6) is 92.0 Å². The number of rotatable bonds is 3. The Morgan fingerprint density at radius 1 is 0.118 bits per heavy atom. The van der Waals surface area contributed by atoms with Gasteiger partial charge in [-0.05, 0) is 391 Å². The Labute approximate surface area is 753 Å². The highest BCUT2D eigenvalue weighted by Crippen LogP contribution is 2.53. The fourth-order valence-corrected chi connectivity index (χ4v) is 24.7. The van der Waals surface area contributed by atoms with Gasteiger partial charge < -0.3 is 81.7 Å². The van der Waals surface area contributed by atoms with Crippen LogP contribution in [0.25, 0.3) is 0 Å². The fourth-order valence-electron chi connectivity index (χ4n) is 24.7. The van der Waals surface area contributed by atoms with E-state index in [9.17, 15) is 81.7 Å². The maximum absolute atomic E-state index is 12.9. The van der Waals surface area contributed by atoms with E-state index in [1.807, 2.05) is 27.7 Å². The molecule has 36 rings (SSSR count). The molecule has 28 aliphatic carbocycles. The highest BCUT2D eigenvalue weighted by molar-refractivity contribution is 5.67. The van der Waals surface area contributed by atoms with E-state index in [1.54, 1.807) is 0 Å². The van der Waals surface area contributed by atoms with Crippen molar-refractivity contribution in [3.63, 3.8) is 0 Å². The predicted molar refractivity (Wildman–Crippen MR) is 504 cm³/mol. The summed E-state index contributed by atoms with van der Waals surface area (Å²) in [5.74, 6) is 4.43. The zero-order chi connectivity index (χ0) is 89.4. The van der Waals surface area contributed by atoms with Crippen LogP contribution in [0.15, 0.2) is 0 Å². The Morgan fingerprint density at radius 2 is 0.205 bits per heavy atom. The Morgan fingerprint density at radius 3 is 0.315 bits per heavy atom. The van der Waals surface area contributed by atoms with E-state index >= 15 is 0 Å². The summed E-state index contributed by atoms with van der Waals surface area (Å²) in [6.45, 7) is 7.99. The molecule has 0 unspecified atom stereocenters. The molecular formula is C111H146O16. The van der Waals surface area contributed by atoms with E-state index in [4.69, 9.17) is 0 Å². The average Bonchev–Trinajstić information content (AvgIpc) is 0.774. The summed E-state index contributed by atoms with van der Waals surface area (Å²) in [6.07, 6.45) is 35.2. The maximum Gasteiger partial charge on any atom is 0.122 e. The van der Waals surface area contributed by atoms with Gasteiger partial charge in [0.05, 0.1) is 0 Å². The number of phenols is 16. The summed E-state index contributed by atoms with van der Waals surface area (Å²) in [5, 5.41) is 200. The van der Waals surface area contributed by atoms with Gasteiger partial charge in [-0.3, -0.25) is 0 Å². The summed E-state index contributed by atoms with van der Waals surface area (Å²) in [5.41, 5.74) is 25.0. The molecule has 0 aliphatic heterocycles. The Kier molecular flexibility index (Phi) is 30.2. The highest BCUT2D eigenvalue weighted by atomic mass is 16.3. The lowest BCUT2D eigenvalue weighted by molar-refractivity contribution is 0.421. The van der Waals surface area contributed by atoms with Crippen molar-refractivity contribution < 1.29 is 81.7 Å². The van der Waals surface area contributed by atoms with Gasteiger partial charge in [-0.2, -0.15) is 0 Å². The topological polar surface area (TPSA) is 324 Å². The second kappa shape index (κ2) is 41.5. The summed E-state index contributed by atoms with van der Waals surface area (Å²) in [6, 6.07) is 0. The molecule has 0 amide bonds. The van der Waals surface area contributed by atoms with Crippen molar-refractivity contribution in [3.05, 3.63) is 178 Å². The van der Waals surface area contributed by atoms with Crippen LogP contribution < -0.4 is 0 Å². The SMILES string of the molecule is CCc1c(O)c2c(C)c(O)c1CCCCc1c(O)c3c(c(O)c1CCCCc1c(O)c4c(c(O)c1CCCCc1c(O)c5c(c(O)c1CCCCc1c(O)c6c(c(O)c1CCCCc1c(O)c7c(c(O)c1CCCCc1c(O)c8c(c(O)c1CCCCc1c(O)c(CC)c(c(O)c1CC)CCCC8)CCCC7)CCCC6)CCCC5)CCCC4)CCCC3)CCCC2. The third kappa shape index (κ3) is 18.6. The van der Waals surface area contributed by atoms with Gasteiger partial charge in [-0.25, -0.2) is 0 Å². The van der Waals surface area contributed by atoms with E-state index in [0.29, 0.717) is 370 Å². The van der Waals surface area contributed by atoms with Gasteiger partial charge >= 0.3 is 0 Å². The van der Waals surface area contributed by atoms with Crippen molar-refractivity contribution in [2.45, 2.75) is 407 Å². The molecule has 127 heavy (non-hydrogen) atoms. The molecule has 28 aliphatic rings. The van der Waals surface area contributed by atoms with Crippen LogP contribution in [-0.4, -0.2) is 81.7 Å². The molecule has 16 N–H and O–H groups in total. The molecule has 0 spiro atoms. The van der Waals surface area contributed by atoms with Gasteiger partial charge in [0.15, 0.2) is 0 Å². The first-order valence-corrected chi connectivity index (χ1v) is 50.2. The summed E-state index contributed by atoms with van der Waals surface area (Å²) >= 11 is 0. The standard InChI is InChI=1S/C111H146O16/c1-5-65-69-37-10-13-41-73-77-45-18-21-49-81-85-53-26-29-57-89-93-61-34-35-63-95-91-59-31-28-55-87-83-51-23-20-47-79-75-43-15-12-39-71-67(7-3)98(114)70(66(6-2)99(71)115)38-11-14-42-74(103(79)119)78(102(75)118)46-19-22-50-82(107(87)123)86(106(83)122)54-27-30-58-90(111(95)127)94(110(91)126)62-33-32-60-92(109(89)125)88(108(93)124)56-25-24-52-84(105(81)121)80(104(85)120)48-17-16-44-76(101(73)117)72(100(77)116)40-9-8-36-68(97(65)113)64(4)96(69)112/h112-127H,5-63H2,1-4H3. The zero-order valence-corrected chi connectivity index (χ0v) is 76.9. The molecule has 16 nitrogen and oxygen atoms in total. The molecule has 686 valence electrons. The molecule has 0 heterocycles. The largest absolute Gasteiger partial charge is 0.507 e. The van der Waals surface area contributed by atoms with Crippen molar-refractivity contribution in [3.8, 4) is 92.0 Å². The Bertz CT molecular complexity index is 5060. The zero-order valence-electron chi connectivity index (χ0n) is 76.9. The minimum atomic E-state index is 0.259. The maximum atomic E-state index is 12.9. The average molecular weight is 1740 g/mol. The molecule has 28 bridgehead atoms. The predicted octanol–water partition coefficient (Wildman–Crippen LogP) is 23.1. The van der Waals surface area contributed by atoms with Crippen molar-refractivity contribution in [2.75, 3.05) is 0 Å². The van der Waals surface area contributed by atoms with Gasteiger partial charge in [0.1, 0.15) is 92.0 Å². The van der Waals surface area contributed by atoms with Crippen molar-refractivity contribution >= 4 is 0 Å². The lowest BCUT2D eigenvalue weighted by atomic mass is 9.81. The van der Waals surface area contributed by atoms with E-state index in [1.165, 1.54) is 0 Å². The second-order valence-electron chi connectivity index (χ2n) is 39.0. The monoisotopic (exact) mass is 1740 g/mol. The number of benzene rings is 8. The van der Waals surface area contributed by atoms with Crippen LogP contribution in [-0.2, 0) is 199 Å². The molecule has 8 aromatic rings. The third-order valence-corrected chi connectivity index (χ3v) is 31.6. The molecule has 0 radical (unpaired) electrons. The first-order chi connectivity index (χ1) is 61.6. The van der Waals surface area contributed by atoms with Crippen molar-refractivity contribution in [1.82, 2.24) is 0 Å². The number of hydrogen-bond donors (Lipinski definition) is 16. The minimum absolute atomic E-state index is 0.259. The highest BCUT2D eigenvalue weighted by Gasteiger charge is 2.35. The summed E-state index contributed by atoms with van der Waals surface area (Å²) in [7, 11) is 0. The first kappa shape index (κ1) is 92.3. The molecule has 8 aromatic carbocycles. The molecule has 0 atom stereocenters. The molecule has 16 heteroatoms.